The zero-order valence-corrected chi connectivity index (χ0v) is 11.7. The van der Waals surface area contributed by atoms with Crippen LogP contribution in [0.25, 0.3) is 0 Å². The van der Waals surface area contributed by atoms with Crippen molar-refractivity contribution in [3.63, 3.8) is 0 Å². The highest BCUT2D eigenvalue weighted by Gasteiger charge is 2.25. The van der Waals surface area contributed by atoms with Crippen LogP contribution in [-0.2, 0) is 11.2 Å². The van der Waals surface area contributed by atoms with Crippen LogP contribution in [-0.4, -0.2) is 46.6 Å². The van der Waals surface area contributed by atoms with Gasteiger partial charge in [-0.05, 0) is 23.8 Å². The van der Waals surface area contributed by atoms with Crippen LogP contribution in [0.1, 0.15) is 15.9 Å². The van der Waals surface area contributed by atoms with Crippen LogP contribution in [0, 0.1) is 0 Å². The lowest BCUT2D eigenvalue weighted by Crippen LogP contribution is -2.46. The summed E-state index contributed by atoms with van der Waals surface area (Å²) in [6.07, 6.45) is 7.65. The van der Waals surface area contributed by atoms with E-state index in [4.69, 9.17) is 4.74 Å². The molecule has 5 nitrogen and oxygen atoms in total. The molecule has 0 aromatic carbocycles. The molecule has 0 N–H and O–H groups in total. The number of amides is 1. The van der Waals surface area contributed by atoms with Gasteiger partial charge in [-0.2, -0.15) is 0 Å². The van der Waals surface area contributed by atoms with Gasteiger partial charge in [-0.3, -0.25) is 14.8 Å². The maximum atomic E-state index is 12.4. The molecule has 0 unspecified atom stereocenters. The normalized spacial score (nSPS) is 18.5. The van der Waals surface area contributed by atoms with Crippen LogP contribution in [0.5, 0.6) is 0 Å². The van der Waals surface area contributed by atoms with Gasteiger partial charge in [0, 0.05) is 44.3 Å². The molecule has 0 spiro atoms. The number of carbonyl (C=O) groups is 1. The first-order valence-corrected chi connectivity index (χ1v) is 7.03. The largest absolute Gasteiger partial charge is 0.374 e. The highest BCUT2D eigenvalue weighted by atomic mass is 16.5. The molecular weight excluding hydrogens is 266 g/mol. The molecule has 108 valence electrons. The average molecular weight is 283 g/mol. The molecule has 2 aromatic heterocycles. The first-order chi connectivity index (χ1) is 10.3. The van der Waals surface area contributed by atoms with Gasteiger partial charge >= 0.3 is 0 Å². The Morgan fingerprint density at radius 2 is 2.05 bits per heavy atom. The van der Waals surface area contributed by atoms with Gasteiger partial charge in [0.25, 0.3) is 5.91 Å². The third kappa shape index (κ3) is 3.44. The van der Waals surface area contributed by atoms with Crippen molar-refractivity contribution in [3.8, 4) is 0 Å². The number of morpholine rings is 1. The first-order valence-electron chi connectivity index (χ1n) is 7.03. The third-order valence-electron chi connectivity index (χ3n) is 3.52. The fourth-order valence-corrected chi connectivity index (χ4v) is 2.48. The Labute approximate surface area is 123 Å². The molecular formula is C16H17N3O2. The molecule has 21 heavy (non-hydrogen) atoms. The topological polar surface area (TPSA) is 55.3 Å². The van der Waals surface area contributed by atoms with Crippen molar-refractivity contribution in [3.05, 3.63) is 60.2 Å². The Bertz CT molecular complexity index is 589. The van der Waals surface area contributed by atoms with Crippen molar-refractivity contribution >= 4 is 5.91 Å². The predicted octanol–water partition coefficient (Wildman–Crippen LogP) is 1.56. The quantitative estimate of drug-likeness (QED) is 0.858. The summed E-state index contributed by atoms with van der Waals surface area (Å²) < 4.78 is 5.76. The van der Waals surface area contributed by atoms with E-state index < -0.39 is 0 Å². The number of ether oxygens (including phenoxy) is 1. The van der Waals surface area contributed by atoms with Crippen LogP contribution >= 0.6 is 0 Å². The number of nitrogens with zero attached hydrogens (tertiary/aromatic N) is 3. The summed E-state index contributed by atoms with van der Waals surface area (Å²) >= 11 is 0. The second-order valence-electron chi connectivity index (χ2n) is 5.05. The Morgan fingerprint density at radius 3 is 2.76 bits per heavy atom. The average Bonchev–Trinajstić information content (AvgIpc) is 2.56. The fourth-order valence-electron chi connectivity index (χ4n) is 2.48. The number of hydrogen-bond donors (Lipinski definition) is 0. The standard InChI is InChI=1S/C16H17N3O2/c20-16(14-4-2-6-18-11-14)19-7-8-21-15(12-19)9-13-3-1-5-17-10-13/h1-6,10-11,15H,7-9,12H2/t15-/m1/s1. The molecule has 3 heterocycles. The Hall–Kier alpha value is -2.27. The van der Waals surface area contributed by atoms with Crippen molar-refractivity contribution < 1.29 is 9.53 Å². The lowest BCUT2D eigenvalue weighted by Gasteiger charge is -2.33. The van der Waals surface area contributed by atoms with Crippen molar-refractivity contribution in [2.45, 2.75) is 12.5 Å². The highest BCUT2D eigenvalue weighted by Crippen LogP contribution is 2.13. The molecule has 0 bridgehead atoms. The zero-order chi connectivity index (χ0) is 14.5. The molecule has 1 saturated heterocycles. The minimum Gasteiger partial charge on any atom is -0.374 e. The van der Waals surface area contributed by atoms with Crippen molar-refractivity contribution in [1.82, 2.24) is 14.9 Å². The van der Waals surface area contributed by atoms with E-state index in [0.29, 0.717) is 25.3 Å². The molecule has 2 aromatic rings. The van der Waals surface area contributed by atoms with E-state index in [0.717, 1.165) is 12.0 Å². The first kappa shape index (κ1) is 13.7. The molecule has 1 amide bonds. The van der Waals surface area contributed by atoms with E-state index >= 15 is 0 Å². The zero-order valence-electron chi connectivity index (χ0n) is 11.7. The minimum absolute atomic E-state index is 0.0163. The maximum Gasteiger partial charge on any atom is 0.255 e. The van der Waals surface area contributed by atoms with Crippen LogP contribution in [0.3, 0.4) is 0 Å². The van der Waals surface area contributed by atoms with E-state index in [-0.39, 0.29) is 12.0 Å². The van der Waals surface area contributed by atoms with Crippen LogP contribution in [0.2, 0.25) is 0 Å². The predicted molar refractivity (Wildman–Crippen MR) is 77.8 cm³/mol. The smallest absolute Gasteiger partial charge is 0.255 e. The summed E-state index contributed by atoms with van der Waals surface area (Å²) in [5, 5.41) is 0. The molecule has 5 heteroatoms. The fraction of sp³-hybridized carbons (Fsp3) is 0.312. The van der Waals surface area contributed by atoms with Gasteiger partial charge in [-0.15, -0.1) is 0 Å². The van der Waals surface area contributed by atoms with Crippen molar-refractivity contribution in [2.75, 3.05) is 19.7 Å². The van der Waals surface area contributed by atoms with Gasteiger partial charge in [-0.25, -0.2) is 0 Å². The van der Waals surface area contributed by atoms with Gasteiger partial charge < -0.3 is 9.64 Å². The maximum absolute atomic E-state index is 12.4. The Balaban J connectivity index is 1.64. The van der Waals surface area contributed by atoms with Crippen LogP contribution in [0.15, 0.2) is 49.1 Å². The number of carbonyl (C=O) groups excluding carboxylic acids is 1. The SMILES string of the molecule is O=C(c1cccnc1)N1CCO[C@H](Cc2cccnc2)C1. The Morgan fingerprint density at radius 1 is 1.24 bits per heavy atom. The van der Waals surface area contributed by atoms with Gasteiger partial charge in [-0.1, -0.05) is 6.07 Å². The Kier molecular flexibility index (Phi) is 4.21. The second-order valence-corrected chi connectivity index (χ2v) is 5.05. The summed E-state index contributed by atoms with van der Waals surface area (Å²) in [7, 11) is 0. The van der Waals surface area contributed by atoms with E-state index in [9.17, 15) is 4.79 Å². The summed E-state index contributed by atoms with van der Waals surface area (Å²) in [6, 6.07) is 7.51. The summed E-state index contributed by atoms with van der Waals surface area (Å²) in [5.41, 5.74) is 1.75. The molecule has 0 saturated carbocycles. The molecule has 1 atom stereocenters. The number of rotatable bonds is 3. The third-order valence-corrected chi connectivity index (χ3v) is 3.52. The lowest BCUT2D eigenvalue weighted by atomic mass is 10.1. The minimum atomic E-state index is 0.0163. The number of hydrogen-bond acceptors (Lipinski definition) is 4. The van der Waals surface area contributed by atoms with E-state index in [1.165, 1.54) is 0 Å². The molecule has 3 rings (SSSR count). The van der Waals surface area contributed by atoms with Gasteiger partial charge in [0.1, 0.15) is 0 Å². The van der Waals surface area contributed by atoms with Crippen LogP contribution < -0.4 is 0 Å². The van der Waals surface area contributed by atoms with Crippen molar-refractivity contribution in [1.29, 1.82) is 0 Å². The van der Waals surface area contributed by atoms with E-state index in [2.05, 4.69) is 9.97 Å². The molecule has 1 aliphatic rings. The monoisotopic (exact) mass is 283 g/mol. The summed E-state index contributed by atoms with van der Waals surface area (Å²) in [4.78, 5) is 22.4. The number of aromatic nitrogens is 2. The van der Waals surface area contributed by atoms with Crippen molar-refractivity contribution in [2.24, 2.45) is 0 Å². The second kappa shape index (κ2) is 6.45. The molecule has 1 aliphatic heterocycles. The lowest BCUT2D eigenvalue weighted by molar-refractivity contribution is -0.0208. The highest BCUT2D eigenvalue weighted by molar-refractivity contribution is 5.93. The summed E-state index contributed by atoms with van der Waals surface area (Å²) in [5.74, 6) is 0.0163. The molecule has 0 aliphatic carbocycles. The van der Waals surface area contributed by atoms with Crippen LogP contribution in [0.4, 0.5) is 0 Å². The summed E-state index contributed by atoms with van der Waals surface area (Å²) in [6.45, 7) is 1.79. The van der Waals surface area contributed by atoms with Gasteiger partial charge in [0.05, 0.1) is 18.3 Å². The van der Waals surface area contributed by atoms with Gasteiger partial charge in [0.2, 0.25) is 0 Å². The van der Waals surface area contributed by atoms with Gasteiger partial charge in [0.15, 0.2) is 0 Å². The van der Waals surface area contributed by atoms with E-state index in [1.54, 1.807) is 30.7 Å². The molecule has 0 radical (unpaired) electrons. The van der Waals surface area contributed by atoms with E-state index in [1.807, 2.05) is 23.2 Å². The molecule has 1 fully saturated rings. The number of pyridine rings is 2.